The number of dihydropyridines is 1. The number of phenols is 1. The molecule has 1 unspecified atom stereocenters. The fourth-order valence-corrected chi connectivity index (χ4v) is 5.95. The van der Waals surface area contributed by atoms with E-state index in [0.717, 1.165) is 53.9 Å². The average Bonchev–Trinajstić information content (AvgIpc) is 2.97. The summed E-state index contributed by atoms with van der Waals surface area (Å²) in [5, 5.41) is 13.8. The zero-order chi connectivity index (χ0) is 32.8. The van der Waals surface area contributed by atoms with E-state index in [-0.39, 0.29) is 29.9 Å². The second kappa shape index (κ2) is 18.4. The number of hydrogen-bond acceptors (Lipinski definition) is 6. The van der Waals surface area contributed by atoms with Gasteiger partial charge in [0, 0.05) is 12.6 Å². The third-order valence-electron chi connectivity index (χ3n) is 8.30. The van der Waals surface area contributed by atoms with Crippen molar-refractivity contribution in [2.45, 2.75) is 111 Å². The highest BCUT2D eigenvalue weighted by molar-refractivity contribution is 6.06. The predicted octanol–water partition coefficient (Wildman–Crippen LogP) is 8.21. The van der Waals surface area contributed by atoms with Crippen LogP contribution in [0, 0.1) is 19.8 Å². The number of nitrogens with one attached hydrogen (secondary N) is 1. The number of unbranched alkanes of at least 4 members (excludes halogenated alkanes) is 6. The summed E-state index contributed by atoms with van der Waals surface area (Å²) in [6, 6.07) is 9.92. The van der Waals surface area contributed by atoms with Crippen molar-refractivity contribution >= 4 is 17.6 Å². The van der Waals surface area contributed by atoms with Crippen LogP contribution < -0.4 is 15.8 Å². The van der Waals surface area contributed by atoms with E-state index in [0.29, 0.717) is 18.6 Å². The van der Waals surface area contributed by atoms with Gasteiger partial charge in [0.1, 0.15) is 5.78 Å². The van der Waals surface area contributed by atoms with Gasteiger partial charge < -0.3 is 20.9 Å². The molecule has 244 valence electrons. The number of carbonyl (C=O) groups is 2. The Morgan fingerprint density at radius 2 is 1.62 bits per heavy atom. The standard InChI is InChI=1S/C39H54N2O4/c1-27(2)13-11-9-7-6-8-10-12-14-35(42)25-36(43)16-15-32-24-38(45-5)37(44)23-33(32)21-31-22-34(39(40)41-26-31)20-30-18-28(3)17-29(4)19-30/h15-19,22-24,26-27,39,41,44H,6-14,20-21,25,40H2,1-5H3. The number of benzene rings is 2. The monoisotopic (exact) mass is 614 g/mol. The van der Waals surface area contributed by atoms with Gasteiger partial charge in [0.05, 0.1) is 19.7 Å². The maximum atomic E-state index is 12.7. The van der Waals surface area contributed by atoms with Gasteiger partial charge in [-0.25, -0.2) is 0 Å². The number of hydrogen-bond donors (Lipinski definition) is 3. The van der Waals surface area contributed by atoms with E-state index in [1.807, 2.05) is 6.20 Å². The van der Waals surface area contributed by atoms with Crippen LogP contribution in [0.3, 0.4) is 0 Å². The number of allylic oxidation sites excluding steroid dienone is 3. The van der Waals surface area contributed by atoms with Crippen LogP contribution in [0.2, 0.25) is 0 Å². The van der Waals surface area contributed by atoms with Crippen LogP contribution in [-0.2, 0) is 22.4 Å². The molecule has 0 saturated heterocycles. The zero-order valence-corrected chi connectivity index (χ0v) is 28.1. The summed E-state index contributed by atoms with van der Waals surface area (Å²) >= 11 is 0. The van der Waals surface area contributed by atoms with Gasteiger partial charge in [0.15, 0.2) is 17.3 Å². The van der Waals surface area contributed by atoms with Crippen LogP contribution in [0.1, 0.15) is 106 Å². The number of aromatic hydroxyl groups is 1. The minimum atomic E-state index is -0.284. The molecule has 6 heteroatoms. The molecule has 0 saturated carbocycles. The van der Waals surface area contributed by atoms with Crippen LogP contribution in [0.4, 0.5) is 0 Å². The summed E-state index contributed by atoms with van der Waals surface area (Å²) in [6.07, 6.45) is 17.9. The van der Waals surface area contributed by atoms with Crippen LogP contribution >= 0.6 is 0 Å². The van der Waals surface area contributed by atoms with Gasteiger partial charge in [0.25, 0.3) is 0 Å². The lowest BCUT2D eigenvalue weighted by molar-refractivity contribution is -0.124. The molecular formula is C39H54N2O4. The number of Topliss-reactive ketones (excluding diaryl/α,β-unsaturated/α-hetero) is 1. The number of ether oxygens (including phenoxy) is 1. The van der Waals surface area contributed by atoms with Crippen LogP contribution in [0.15, 0.2) is 59.8 Å². The van der Waals surface area contributed by atoms with Gasteiger partial charge >= 0.3 is 0 Å². The Morgan fingerprint density at radius 3 is 2.29 bits per heavy atom. The van der Waals surface area contributed by atoms with Crippen LogP contribution in [0.5, 0.6) is 11.5 Å². The van der Waals surface area contributed by atoms with E-state index in [2.05, 4.69) is 57.3 Å². The lowest BCUT2D eigenvalue weighted by Gasteiger charge is -2.23. The highest BCUT2D eigenvalue weighted by atomic mass is 16.5. The molecule has 1 heterocycles. The summed E-state index contributed by atoms with van der Waals surface area (Å²) in [4.78, 5) is 25.2. The van der Waals surface area contributed by atoms with Crippen molar-refractivity contribution in [3.05, 3.63) is 87.6 Å². The molecule has 1 atom stereocenters. The molecule has 1 aliphatic rings. The molecule has 0 aliphatic carbocycles. The van der Waals surface area contributed by atoms with Gasteiger partial charge in [-0.2, -0.15) is 0 Å². The molecule has 0 aromatic heterocycles. The van der Waals surface area contributed by atoms with Crippen molar-refractivity contribution in [3.8, 4) is 11.5 Å². The van der Waals surface area contributed by atoms with E-state index in [1.165, 1.54) is 62.0 Å². The maximum Gasteiger partial charge on any atom is 0.163 e. The Kier molecular flexibility index (Phi) is 14.6. The molecule has 3 rings (SSSR count). The number of nitrogens with two attached hydrogens (primary N) is 1. The largest absolute Gasteiger partial charge is 0.504 e. The summed E-state index contributed by atoms with van der Waals surface area (Å²) in [7, 11) is 1.50. The average molecular weight is 615 g/mol. The predicted molar refractivity (Wildman–Crippen MR) is 185 cm³/mol. The number of phenolic OH excluding ortho intramolecular Hbond substituents is 1. The topological polar surface area (TPSA) is 102 Å². The number of methoxy groups -OCH3 is 1. The lowest BCUT2D eigenvalue weighted by Crippen LogP contribution is -2.38. The molecule has 45 heavy (non-hydrogen) atoms. The number of aryl methyl sites for hydroxylation is 2. The van der Waals surface area contributed by atoms with Gasteiger partial charge in [-0.05, 0) is 85.1 Å². The van der Waals surface area contributed by atoms with Gasteiger partial charge in [0.2, 0.25) is 0 Å². The van der Waals surface area contributed by atoms with Gasteiger partial charge in [-0.1, -0.05) is 100 Å². The van der Waals surface area contributed by atoms with Crippen LogP contribution in [0.25, 0.3) is 6.08 Å². The Labute approximate surface area is 270 Å². The Morgan fingerprint density at radius 1 is 0.956 bits per heavy atom. The summed E-state index contributed by atoms with van der Waals surface area (Å²) in [5.74, 6) is 0.902. The zero-order valence-electron chi connectivity index (χ0n) is 28.1. The van der Waals surface area contributed by atoms with E-state index in [4.69, 9.17) is 10.5 Å². The molecule has 0 fully saturated rings. The number of ketones is 2. The molecule has 2 aromatic carbocycles. The first-order chi connectivity index (χ1) is 21.5. The SMILES string of the molecule is COc1cc(C=CC(=O)CC(=O)CCCCCCCCCC(C)C)c(CC2=CNC(N)C(Cc3cc(C)cc(C)c3)=C2)cc1O. The molecule has 2 aromatic rings. The molecule has 0 bridgehead atoms. The van der Waals surface area contributed by atoms with E-state index < -0.39 is 0 Å². The molecule has 0 radical (unpaired) electrons. The Balaban J connectivity index is 1.57. The molecule has 0 spiro atoms. The second-order valence-corrected chi connectivity index (χ2v) is 13.1. The molecular weight excluding hydrogens is 560 g/mol. The quantitative estimate of drug-likeness (QED) is 0.0837. The summed E-state index contributed by atoms with van der Waals surface area (Å²) in [5.41, 5.74) is 13.7. The van der Waals surface area contributed by atoms with Crippen molar-refractivity contribution in [2.24, 2.45) is 11.7 Å². The molecule has 1 aliphatic heterocycles. The first-order valence-electron chi connectivity index (χ1n) is 16.6. The van der Waals surface area contributed by atoms with Crippen molar-refractivity contribution in [1.82, 2.24) is 5.32 Å². The third kappa shape index (κ3) is 12.7. The fraction of sp³-hybridized carbons (Fsp3) is 0.487. The van der Waals surface area contributed by atoms with Crippen molar-refractivity contribution in [2.75, 3.05) is 7.11 Å². The van der Waals surface area contributed by atoms with E-state index >= 15 is 0 Å². The first kappa shape index (κ1) is 35.8. The second-order valence-electron chi connectivity index (χ2n) is 13.1. The normalized spacial score (nSPS) is 14.8. The summed E-state index contributed by atoms with van der Waals surface area (Å²) < 4.78 is 5.34. The van der Waals surface area contributed by atoms with E-state index in [9.17, 15) is 14.7 Å². The van der Waals surface area contributed by atoms with E-state index in [1.54, 1.807) is 18.2 Å². The fourth-order valence-electron chi connectivity index (χ4n) is 5.95. The minimum Gasteiger partial charge on any atom is -0.504 e. The summed E-state index contributed by atoms with van der Waals surface area (Å²) in [6.45, 7) is 8.73. The first-order valence-corrected chi connectivity index (χ1v) is 16.6. The minimum absolute atomic E-state index is 0.0126. The molecule has 4 N–H and O–H groups in total. The van der Waals surface area contributed by atoms with Crippen molar-refractivity contribution in [1.29, 1.82) is 0 Å². The lowest BCUT2D eigenvalue weighted by atomic mass is 9.92. The Hall–Kier alpha value is -3.64. The molecule has 0 amide bonds. The van der Waals surface area contributed by atoms with Crippen molar-refractivity contribution in [3.63, 3.8) is 0 Å². The number of rotatable bonds is 19. The Bertz CT molecular complexity index is 1370. The van der Waals surface area contributed by atoms with Gasteiger partial charge in [-0.15, -0.1) is 0 Å². The third-order valence-corrected chi connectivity index (χ3v) is 8.30. The van der Waals surface area contributed by atoms with Crippen LogP contribution in [-0.4, -0.2) is 29.9 Å². The van der Waals surface area contributed by atoms with Crippen molar-refractivity contribution < 1.29 is 19.4 Å². The highest BCUT2D eigenvalue weighted by Gasteiger charge is 2.17. The highest BCUT2D eigenvalue weighted by Crippen LogP contribution is 2.32. The smallest absolute Gasteiger partial charge is 0.163 e. The number of carbonyl (C=O) groups excluding carboxylic acids is 2. The van der Waals surface area contributed by atoms with Gasteiger partial charge in [-0.3, -0.25) is 9.59 Å². The maximum absolute atomic E-state index is 12.7. The molecule has 6 nitrogen and oxygen atoms in total.